The van der Waals surface area contributed by atoms with Crippen molar-refractivity contribution in [2.75, 3.05) is 39.9 Å². The molecule has 0 aromatic heterocycles. The molecule has 69 heavy (non-hydrogen) atoms. The standard InChI is InChI=1S/C57H74N4O8/c1-3-59-31-40-23-46-42-12-11-41(63)28-48(42)61-32-47(46)43(17-21-62)56(40)39-15-19-57(54(68)26-39)18-14-37(45-30-51(66)52(69-2)25-36(45)10-13-53(57)67)24-49(64)50(65)29-44(38-16-20-60-55(58)27-38)35-9-8-33-6-4-5-7-34(33)22-35/h4-9,16,22,25,27,30,37,39-40,42-44,46-50,54,56,59-62,64-66,68H,3,10-13,15,17,19-21,23-24,26,28-29,31-32,58H2,1-2H3. The number of aromatic hydroxyl groups is 1. The first kappa shape index (κ1) is 49.2. The minimum absolute atomic E-state index is 0.0164. The first-order valence-corrected chi connectivity index (χ1v) is 25.9. The quantitative estimate of drug-likeness (QED) is 0.0889. The van der Waals surface area contributed by atoms with Crippen molar-refractivity contribution in [3.8, 4) is 23.3 Å². The molecule has 9 rings (SSSR count). The molecule has 0 bridgehead atoms. The second-order valence-corrected chi connectivity index (χ2v) is 21.3. The highest BCUT2D eigenvalue weighted by atomic mass is 16.5. The number of dihydropyridines is 1. The van der Waals surface area contributed by atoms with Crippen LogP contribution in [0.15, 0.2) is 78.1 Å². The predicted molar refractivity (Wildman–Crippen MR) is 267 cm³/mol. The number of carbonyl (C=O) groups is 2. The van der Waals surface area contributed by atoms with Crippen LogP contribution in [0.3, 0.4) is 0 Å². The molecular weight excluding hydrogens is 869 g/mol. The normalized spacial score (nSPS) is 32.6. The number of aliphatic hydroxyl groups is 4. The number of methoxy groups -OCH3 is 1. The van der Waals surface area contributed by atoms with Crippen LogP contribution in [-0.4, -0.2) is 101 Å². The zero-order valence-electron chi connectivity index (χ0n) is 40.4. The van der Waals surface area contributed by atoms with Crippen molar-refractivity contribution in [2.45, 2.75) is 120 Å². The first-order valence-electron chi connectivity index (χ1n) is 25.9. The molecule has 4 aliphatic carbocycles. The Morgan fingerprint density at radius 1 is 0.986 bits per heavy atom. The molecule has 370 valence electrons. The average Bonchev–Trinajstić information content (AvgIpc) is 3.40. The van der Waals surface area contributed by atoms with E-state index in [-0.39, 0.29) is 72.9 Å². The number of allylic oxidation sites excluding steroid dienone is 2. The number of aliphatic hydroxyl groups excluding tert-OH is 4. The maximum Gasteiger partial charge on any atom is 0.160 e. The number of ketones is 2. The third-order valence-electron chi connectivity index (χ3n) is 17.6. The fourth-order valence-corrected chi connectivity index (χ4v) is 14.2. The van der Waals surface area contributed by atoms with Gasteiger partial charge in [0.1, 0.15) is 11.2 Å². The molecule has 14 atom stereocenters. The van der Waals surface area contributed by atoms with Crippen molar-refractivity contribution in [3.63, 3.8) is 0 Å². The molecule has 6 aliphatic rings. The third kappa shape index (κ3) is 10.1. The summed E-state index contributed by atoms with van der Waals surface area (Å²) in [5, 5.41) is 71.2. The summed E-state index contributed by atoms with van der Waals surface area (Å²) in [5.41, 5.74) is 8.27. The van der Waals surface area contributed by atoms with E-state index in [4.69, 9.17) is 10.5 Å². The number of piperidine rings is 1. The van der Waals surface area contributed by atoms with Crippen LogP contribution in [0.2, 0.25) is 0 Å². The number of nitrogens with one attached hydrogen (secondary N) is 3. The topological polar surface area (TPSA) is 207 Å². The number of carbonyl (C=O) groups excluding carboxylic acids is 2. The van der Waals surface area contributed by atoms with Gasteiger partial charge in [0, 0.05) is 50.3 Å². The Morgan fingerprint density at radius 3 is 2.58 bits per heavy atom. The number of phenols is 1. The SMILES string of the molecule is CCNCC1CC2C3CCC(=O)CC3NCC2C(CCO)C1C1CCC2(C#CC(CC(O)C(O)CC(C3=CCNC(N)=C3)c3ccc4ccccc4c3)c3cc(O)c(OC)cc3CCC2=O)C(O)C1. The smallest absolute Gasteiger partial charge is 0.160 e. The number of rotatable bonds is 14. The second kappa shape index (κ2) is 21.3. The van der Waals surface area contributed by atoms with Crippen LogP contribution < -0.4 is 26.4 Å². The molecule has 2 heterocycles. The Hall–Kier alpha value is -4.74. The molecule has 0 amide bonds. The highest BCUT2D eigenvalue weighted by Gasteiger charge is 2.56. The van der Waals surface area contributed by atoms with E-state index in [2.05, 4.69) is 71.1 Å². The Kier molecular flexibility index (Phi) is 15.2. The number of aryl methyl sites for hydroxylation is 1. The molecule has 12 nitrogen and oxygen atoms in total. The number of phenolic OH excluding ortho intramolecular Hbond substituents is 1. The van der Waals surface area contributed by atoms with Crippen LogP contribution in [0.5, 0.6) is 11.5 Å². The molecule has 2 aliphatic heterocycles. The fourth-order valence-electron chi connectivity index (χ4n) is 14.2. The van der Waals surface area contributed by atoms with Crippen LogP contribution in [0.4, 0.5) is 0 Å². The lowest BCUT2D eigenvalue weighted by atomic mass is 9.50. The van der Waals surface area contributed by atoms with Crippen molar-refractivity contribution in [2.24, 2.45) is 52.6 Å². The van der Waals surface area contributed by atoms with Crippen molar-refractivity contribution < 1.29 is 39.9 Å². The van der Waals surface area contributed by atoms with Gasteiger partial charge in [0.15, 0.2) is 17.3 Å². The van der Waals surface area contributed by atoms with E-state index in [1.54, 1.807) is 12.1 Å². The number of hydrogen-bond acceptors (Lipinski definition) is 12. The Morgan fingerprint density at radius 2 is 1.81 bits per heavy atom. The summed E-state index contributed by atoms with van der Waals surface area (Å²) in [6.45, 7) is 5.27. The molecule has 0 radical (unpaired) electrons. The van der Waals surface area contributed by atoms with Gasteiger partial charge in [-0.1, -0.05) is 67.3 Å². The number of nitrogens with two attached hydrogens (primary N) is 1. The average molecular weight is 943 g/mol. The predicted octanol–water partition coefficient (Wildman–Crippen LogP) is 5.74. The molecule has 3 saturated carbocycles. The van der Waals surface area contributed by atoms with Gasteiger partial charge in [-0.2, -0.15) is 0 Å². The van der Waals surface area contributed by atoms with Crippen molar-refractivity contribution in [1.29, 1.82) is 0 Å². The number of ether oxygens (including phenoxy) is 1. The molecule has 14 unspecified atom stereocenters. The van der Waals surface area contributed by atoms with Crippen LogP contribution in [0.1, 0.15) is 106 Å². The summed E-state index contributed by atoms with van der Waals surface area (Å²) in [5.74, 6) is 8.93. The molecule has 1 spiro atoms. The summed E-state index contributed by atoms with van der Waals surface area (Å²) in [6.07, 6.45) is 6.51. The fraction of sp³-hybridized carbons (Fsp3) is 0.579. The Balaban J connectivity index is 0.999. The van der Waals surface area contributed by atoms with Gasteiger partial charge in [-0.15, -0.1) is 0 Å². The lowest BCUT2D eigenvalue weighted by Crippen LogP contribution is -2.60. The molecule has 10 N–H and O–H groups in total. The largest absolute Gasteiger partial charge is 0.504 e. The van der Waals surface area contributed by atoms with Gasteiger partial charge in [-0.3, -0.25) is 9.59 Å². The molecule has 4 fully saturated rings. The molecule has 12 heteroatoms. The van der Waals surface area contributed by atoms with Gasteiger partial charge in [0.2, 0.25) is 0 Å². The maximum atomic E-state index is 14.8. The van der Waals surface area contributed by atoms with Crippen LogP contribution >= 0.6 is 0 Å². The molecular formula is C57H74N4O8. The van der Waals surface area contributed by atoms with Gasteiger partial charge in [0.05, 0.1) is 31.2 Å². The Labute approximate surface area is 407 Å². The van der Waals surface area contributed by atoms with E-state index in [1.807, 2.05) is 18.2 Å². The van der Waals surface area contributed by atoms with Crippen molar-refractivity contribution in [3.05, 3.63) is 94.8 Å². The van der Waals surface area contributed by atoms with Crippen LogP contribution in [0.25, 0.3) is 10.8 Å². The minimum atomic E-state index is -1.34. The minimum Gasteiger partial charge on any atom is -0.504 e. The van der Waals surface area contributed by atoms with Gasteiger partial charge in [-0.25, -0.2) is 0 Å². The van der Waals surface area contributed by atoms with E-state index in [9.17, 15) is 35.1 Å². The summed E-state index contributed by atoms with van der Waals surface area (Å²) in [4.78, 5) is 27.3. The number of benzene rings is 3. The lowest BCUT2D eigenvalue weighted by molar-refractivity contribution is -0.138. The summed E-state index contributed by atoms with van der Waals surface area (Å²) in [6, 6.07) is 18.0. The van der Waals surface area contributed by atoms with E-state index in [1.165, 1.54) is 7.11 Å². The maximum absolute atomic E-state index is 14.8. The van der Waals surface area contributed by atoms with Crippen molar-refractivity contribution >= 4 is 22.3 Å². The van der Waals surface area contributed by atoms with Gasteiger partial charge < -0.3 is 52.0 Å². The van der Waals surface area contributed by atoms with Crippen LogP contribution in [-0.2, 0) is 16.0 Å². The number of fused-ring (bicyclic) bond motifs is 5. The highest BCUT2D eigenvalue weighted by Crippen LogP contribution is 2.56. The van der Waals surface area contributed by atoms with Gasteiger partial charge in [0.25, 0.3) is 0 Å². The summed E-state index contributed by atoms with van der Waals surface area (Å²) in [7, 11) is 1.48. The van der Waals surface area contributed by atoms with Crippen molar-refractivity contribution in [1.82, 2.24) is 16.0 Å². The zero-order chi connectivity index (χ0) is 48.4. The molecule has 3 aromatic carbocycles. The van der Waals surface area contributed by atoms with Gasteiger partial charge in [-0.05, 0) is 170 Å². The van der Waals surface area contributed by atoms with E-state index < -0.39 is 29.6 Å². The Bertz CT molecular complexity index is 2480. The zero-order valence-corrected chi connectivity index (χ0v) is 40.4. The molecule has 1 saturated heterocycles. The monoisotopic (exact) mass is 943 g/mol. The molecule has 3 aromatic rings. The third-order valence-corrected chi connectivity index (χ3v) is 17.6. The summed E-state index contributed by atoms with van der Waals surface area (Å²) >= 11 is 0. The lowest BCUT2D eigenvalue weighted by Gasteiger charge is -2.58. The number of hydrogen-bond donors (Lipinski definition) is 9. The highest BCUT2D eigenvalue weighted by molar-refractivity contribution is 5.89. The van der Waals surface area contributed by atoms with E-state index >= 15 is 0 Å². The van der Waals surface area contributed by atoms with Crippen LogP contribution in [0, 0.1) is 58.7 Å². The summed E-state index contributed by atoms with van der Waals surface area (Å²) < 4.78 is 5.53. The van der Waals surface area contributed by atoms with E-state index in [0.717, 1.165) is 59.9 Å². The number of Topliss-reactive ketones (excluding diaryl/α,β-unsaturated/α-hetero) is 2. The second-order valence-electron chi connectivity index (χ2n) is 21.3. The first-order chi connectivity index (χ1) is 33.4. The van der Waals surface area contributed by atoms with Gasteiger partial charge >= 0.3 is 0 Å². The van der Waals surface area contributed by atoms with E-state index in [0.29, 0.717) is 92.3 Å².